The minimum absolute atomic E-state index is 0.0532. The molecule has 0 bridgehead atoms. The molecule has 202 valence electrons. The van der Waals surface area contributed by atoms with Crippen molar-refractivity contribution in [2.24, 2.45) is 5.92 Å². The van der Waals surface area contributed by atoms with Crippen molar-refractivity contribution in [1.82, 2.24) is 9.80 Å². The van der Waals surface area contributed by atoms with Crippen molar-refractivity contribution in [1.29, 1.82) is 5.26 Å². The van der Waals surface area contributed by atoms with Gasteiger partial charge in [0.2, 0.25) is 22.9 Å². The van der Waals surface area contributed by atoms with Gasteiger partial charge in [0.15, 0.2) is 16.4 Å². The van der Waals surface area contributed by atoms with Gasteiger partial charge >= 0.3 is 0 Å². The van der Waals surface area contributed by atoms with E-state index in [1.807, 2.05) is 13.8 Å². The molecule has 3 aliphatic rings. The van der Waals surface area contributed by atoms with Crippen LogP contribution in [0.3, 0.4) is 0 Å². The first-order chi connectivity index (χ1) is 17.7. The highest BCUT2D eigenvalue weighted by molar-refractivity contribution is 8.15. The lowest BCUT2D eigenvalue weighted by Crippen LogP contribution is -2.63. The predicted molar refractivity (Wildman–Crippen MR) is 138 cm³/mol. The number of benzene rings is 1. The summed E-state index contributed by atoms with van der Waals surface area (Å²) in [6.45, 7) is 3.89. The lowest BCUT2D eigenvalue weighted by atomic mass is 9.94. The molecule has 37 heavy (non-hydrogen) atoms. The number of nitrogens with zero attached hydrogens (tertiary/aromatic N) is 3. The van der Waals surface area contributed by atoms with Crippen LogP contribution in [0.2, 0.25) is 0 Å². The van der Waals surface area contributed by atoms with Crippen molar-refractivity contribution in [3.05, 3.63) is 23.8 Å². The highest BCUT2D eigenvalue weighted by atomic mass is 32.2. The number of likely N-dealkylation sites (N-methyl/N-ethyl adjacent to an activating group) is 1. The number of fused-ring (bicyclic) bond motifs is 2. The normalized spacial score (nSPS) is 23.3. The summed E-state index contributed by atoms with van der Waals surface area (Å²) >= 11 is 4.18. The Labute approximate surface area is 225 Å². The molecule has 2 amide bonds. The van der Waals surface area contributed by atoms with Crippen LogP contribution in [0.15, 0.2) is 18.2 Å². The second-order valence-corrected chi connectivity index (χ2v) is 9.77. The van der Waals surface area contributed by atoms with Gasteiger partial charge in [-0.1, -0.05) is 19.9 Å². The van der Waals surface area contributed by atoms with E-state index in [2.05, 4.69) is 23.4 Å². The van der Waals surface area contributed by atoms with Crippen molar-refractivity contribution in [3.8, 4) is 17.6 Å². The number of thiol groups is 1. The first-order valence-corrected chi connectivity index (χ1v) is 12.7. The van der Waals surface area contributed by atoms with Gasteiger partial charge in [0.1, 0.15) is 13.2 Å². The number of carbonyl (C=O) groups is 4. The van der Waals surface area contributed by atoms with Gasteiger partial charge < -0.3 is 28.7 Å². The average molecular weight is 554 g/mol. The lowest BCUT2D eigenvalue weighted by molar-refractivity contribution is -0.156. The lowest BCUT2D eigenvalue weighted by Gasteiger charge is -2.45. The van der Waals surface area contributed by atoms with Crippen LogP contribution in [0.25, 0.3) is 0 Å². The van der Waals surface area contributed by atoms with Crippen molar-refractivity contribution in [2.45, 2.75) is 31.2 Å². The number of amides is 2. The Hall–Kier alpha value is -2.79. The van der Waals surface area contributed by atoms with Gasteiger partial charge in [-0.3, -0.25) is 19.2 Å². The maximum atomic E-state index is 13.2. The zero-order valence-electron chi connectivity index (χ0n) is 21.4. The van der Waals surface area contributed by atoms with Gasteiger partial charge in [0, 0.05) is 27.7 Å². The number of ether oxygens (including phenoxy) is 4. The molecule has 3 aliphatic heterocycles. The van der Waals surface area contributed by atoms with E-state index in [0.717, 1.165) is 11.8 Å². The number of methoxy groups -OCH3 is 2. The highest BCUT2D eigenvalue weighted by Gasteiger charge is 2.63. The molecule has 2 fully saturated rings. The number of thioether (sulfide) groups is 1. The van der Waals surface area contributed by atoms with Crippen LogP contribution in [0, 0.1) is 17.2 Å². The molecule has 4 rings (SSSR count). The Kier molecular flexibility index (Phi) is 11.2. The van der Waals surface area contributed by atoms with E-state index in [1.165, 1.54) is 31.1 Å². The van der Waals surface area contributed by atoms with Gasteiger partial charge in [-0.2, -0.15) is 5.26 Å². The van der Waals surface area contributed by atoms with E-state index >= 15 is 0 Å². The monoisotopic (exact) mass is 553 g/mol. The summed E-state index contributed by atoms with van der Waals surface area (Å²) in [6.07, 6.45) is 0.0532. The molecule has 3 heterocycles. The molecule has 3 atom stereocenters. The molecule has 11 nitrogen and oxygen atoms in total. The van der Waals surface area contributed by atoms with E-state index in [4.69, 9.17) is 14.2 Å². The maximum absolute atomic E-state index is 13.2. The van der Waals surface area contributed by atoms with Crippen LogP contribution in [0.1, 0.15) is 31.9 Å². The number of hydrogen-bond donors (Lipinski definition) is 1. The van der Waals surface area contributed by atoms with E-state index < -0.39 is 16.8 Å². The maximum Gasteiger partial charge on any atom is 0.259 e. The molecule has 1 aromatic rings. The molecule has 0 spiro atoms. The SMILES string of the molecule is CC.COCC(=O)S.COCC(=O)S[C@]12C[C@H](C#N)[C@H](c3ccc4c(c3)OCO4)N1C(=O)CN(C)C2=O. The van der Waals surface area contributed by atoms with Crippen molar-refractivity contribution in [2.75, 3.05) is 47.8 Å². The smallest absolute Gasteiger partial charge is 0.259 e. The van der Waals surface area contributed by atoms with Gasteiger partial charge in [-0.25, -0.2) is 0 Å². The first kappa shape index (κ1) is 30.4. The zero-order valence-corrected chi connectivity index (χ0v) is 23.1. The zero-order chi connectivity index (χ0) is 27.8. The Balaban J connectivity index is 0.000000531. The van der Waals surface area contributed by atoms with Crippen LogP contribution < -0.4 is 9.47 Å². The average Bonchev–Trinajstić information content (AvgIpc) is 3.47. The molecule has 0 unspecified atom stereocenters. The van der Waals surface area contributed by atoms with E-state index in [9.17, 15) is 24.4 Å². The van der Waals surface area contributed by atoms with E-state index in [1.54, 1.807) is 18.2 Å². The molecule has 0 aliphatic carbocycles. The Bertz CT molecular complexity index is 1060. The largest absolute Gasteiger partial charge is 0.454 e. The fourth-order valence-corrected chi connectivity index (χ4v) is 5.80. The van der Waals surface area contributed by atoms with Crippen LogP contribution in [0.5, 0.6) is 11.5 Å². The molecule has 1 aromatic carbocycles. The molecule has 0 N–H and O–H groups in total. The van der Waals surface area contributed by atoms with E-state index in [-0.39, 0.29) is 55.0 Å². The summed E-state index contributed by atoms with van der Waals surface area (Å²) in [5.41, 5.74) is 0.660. The molecule has 0 aromatic heterocycles. The number of hydrogen-bond acceptors (Lipinski definition) is 10. The summed E-state index contributed by atoms with van der Waals surface area (Å²) in [5, 5.41) is 9.22. The standard InChI is InChI=1S/C19H19N3O6S.C3H6O2S.C2H6/c1-21-8-15(23)22-17(11-3-4-13-14(5-11)28-10-27-13)12(7-20)6-19(22,18(21)25)29-16(24)9-26-2;1-5-2-3(4)6;1-2/h3-5,12,17H,6,8-10H2,1-2H3;2H2,1H3,(H,4,6);1-2H3/t12-,17+,19+;;/m1../s1. The van der Waals surface area contributed by atoms with Crippen LogP contribution in [-0.4, -0.2) is 84.5 Å². The first-order valence-electron chi connectivity index (χ1n) is 11.5. The number of carbonyl (C=O) groups excluding carboxylic acids is 4. The molecule has 0 radical (unpaired) electrons. The van der Waals surface area contributed by atoms with Gasteiger partial charge in [-0.15, -0.1) is 12.6 Å². The van der Waals surface area contributed by atoms with Crippen LogP contribution >= 0.6 is 24.4 Å². The third-order valence-electron chi connectivity index (χ3n) is 5.58. The van der Waals surface area contributed by atoms with Gasteiger partial charge in [0.05, 0.1) is 24.6 Å². The minimum atomic E-state index is -1.47. The summed E-state index contributed by atoms with van der Waals surface area (Å²) < 4.78 is 20.0. The fourth-order valence-electron chi connectivity index (χ4n) is 4.30. The fraction of sp³-hybridized carbons (Fsp3) is 0.542. The van der Waals surface area contributed by atoms with Crippen molar-refractivity contribution < 1.29 is 38.1 Å². The summed E-state index contributed by atoms with van der Waals surface area (Å²) in [4.78, 5) is 49.7. The van der Waals surface area contributed by atoms with Crippen molar-refractivity contribution >= 4 is 46.4 Å². The highest BCUT2D eigenvalue weighted by Crippen LogP contribution is 2.54. The van der Waals surface area contributed by atoms with Crippen molar-refractivity contribution in [3.63, 3.8) is 0 Å². The number of piperazine rings is 1. The second kappa shape index (κ2) is 13.7. The van der Waals surface area contributed by atoms with Crippen LogP contribution in [0.4, 0.5) is 0 Å². The quantitative estimate of drug-likeness (QED) is 0.521. The van der Waals surface area contributed by atoms with Crippen LogP contribution in [-0.2, 0) is 28.7 Å². The third kappa shape index (κ3) is 6.56. The predicted octanol–water partition coefficient (Wildman–Crippen LogP) is 2.02. The Morgan fingerprint density at radius 3 is 2.41 bits per heavy atom. The summed E-state index contributed by atoms with van der Waals surface area (Å²) in [5.74, 6) is -0.248. The van der Waals surface area contributed by atoms with E-state index in [0.29, 0.717) is 17.1 Å². The second-order valence-electron chi connectivity index (χ2n) is 7.94. The molecular weight excluding hydrogens is 522 g/mol. The number of rotatable bonds is 6. The van der Waals surface area contributed by atoms with Gasteiger partial charge in [-0.05, 0) is 29.5 Å². The summed E-state index contributed by atoms with van der Waals surface area (Å²) in [7, 11) is 4.36. The topological polar surface area (TPSA) is 135 Å². The third-order valence-corrected chi connectivity index (χ3v) is 6.93. The minimum Gasteiger partial charge on any atom is -0.454 e. The molecule has 13 heteroatoms. The molecule has 0 saturated carbocycles. The van der Waals surface area contributed by atoms with Gasteiger partial charge in [0.25, 0.3) is 5.91 Å². The molecule has 2 saturated heterocycles. The summed E-state index contributed by atoms with van der Waals surface area (Å²) in [6, 6.07) is 6.76. The Morgan fingerprint density at radius 2 is 1.84 bits per heavy atom. The molecular formula is C24H31N3O8S2. The Morgan fingerprint density at radius 1 is 1.19 bits per heavy atom. The number of nitriles is 1.